The van der Waals surface area contributed by atoms with Crippen molar-refractivity contribution >= 4 is 38.5 Å². The molecular weight excluding hydrogens is 500 g/mol. The number of hydrogen-bond acceptors (Lipinski definition) is 9. The molecule has 0 fully saturated rings. The van der Waals surface area contributed by atoms with Gasteiger partial charge >= 0.3 is 0 Å². The molecule has 0 aliphatic carbocycles. The summed E-state index contributed by atoms with van der Waals surface area (Å²) in [5, 5.41) is 11.4. The predicted octanol–water partition coefficient (Wildman–Crippen LogP) is 4.46. The number of ether oxygens (including phenoxy) is 2. The monoisotopic (exact) mass is 526 g/mol. The molecule has 3 aromatic rings. The Balaban J connectivity index is 1.50. The zero-order valence-corrected chi connectivity index (χ0v) is 21.7. The van der Waals surface area contributed by atoms with Crippen LogP contribution in [0.5, 0.6) is 11.5 Å². The van der Waals surface area contributed by atoms with Crippen molar-refractivity contribution in [2.75, 3.05) is 24.8 Å². The summed E-state index contributed by atoms with van der Waals surface area (Å²) < 4.78 is 38.0. The molecule has 0 spiro atoms. The Kier molecular flexibility index (Phi) is 9.16. The number of hydrogen-bond donors (Lipinski definition) is 1. The molecule has 36 heavy (non-hydrogen) atoms. The number of nitrogens with zero attached hydrogens (tertiary/aromatic N) is 3. The van der Waals surface area contributed by atoms with Gasteiger partial charge in [-0.3, -0.25) is 10.1 Å². The van der Waals surface area contributed by atoms with Gasteiger partial charge in [0.15, 0.2) is 0 Å². The van der Waals surface area contributed by atoms with Gasteiger partial charge in [-0.1, -0.05) is 38.1 Å². The third kappa shape index (κ3) is 7.63. The Morgan fingerprint density at radius 1 is 1.11 bits per heavy atom. The topological polar surface area (TPSA) is 131 Å². The number of rotatable bonds is 11. The van der Waals surface area contributed by atoms with Crippen LogP contribution in [0, 0.1) is 11.3 Å². The third-order valence-electron chi connectivity index (χ3n) is 5.20. The van der Waals surface area contributed by atoms with Crippen molar-refractivity contribution in [2.24, 2.45) is 0 Å². The quantitative estimate of drug-likeness (QED) is 0.220. The lowest BCUT2D eigenvalue weighted by atomic mass is 9.99. The molecule has 1 heterocycles. The number of nitrogens with one attached hydrogen (secondary N) is 1. The summed E-state index contributed by atoms with van der Waals surface area (Å²) in [6, 6.07) is 16.8. The molecule has 0 aliphatic heterocycles. The van der Waals surface area contributed by atoms with E-state index in [1.807, 2.05) is 18.2 Å². The van der Waals surface area contributed by atoms with Crippen molar-refractivity contribution in [2.45, 2.75) is 31.3 Å². The molecule has 3 rings (SSSR count). The van der Waals surface area contributed by atoms with Gasteiger partial charge in [-0.25, -0.2) is 8.42 Å². The van der Waals surface area contributed by atoms with Crippen molar-refractivity contribution in [3.63, 3.8) is 0 Å². The highest BCUT2D eigenvalue weighted by atomic mass is 32.2. The minimum absolute atomic E-state index is 0.0148. The first-order chi connectivity index (χ1) is 17.2. The van der Waals surface area contributed by atoms with E-state index in [2.05, 4.69) is 40.7 Å². The maximum absolute atomic E-state index is 12.4. The number of amides is 1. The highest BCUT2D eigenvalue weighted by Gasteiger charge is 2.17. The van der Waals surface area contributed by atoms with Crippen molar-refractivity contribution in [1.82, 2.24) is 9.36 Å². The van der Waals surface area contributed by atoms with Crippen LogP contribution in [0.4, 0.5) is 5.13 Å². The van der Waals surface area contributed by atoms with Crippen LogP contribution in [0.1, 0.15) is 37.3 Å². The van der Waals surface area contributed by atoms with E-state index in [-0.39, 0.29) is 15.9 Å². The summed E-state index contributed by atoms with van der Waals surface area (Å²) in [6.45, 7) is 5.09. The average Bonchev–Trinajstić information content (AvgIpc) is 3.35. The molecule has 1 aromatic heterocycles. The molecule has 1 unspecified atom stereocenters. The molecule has 1 atom stereocenters. The lowest BCUT2D eigenvalue weighted by molar-refractivity contribution is -0.112. The second-order valence-electron chi connectivity index (χ2n) is 7.92. The van der Waals surface area contributed by atoms with Crippen LogP contribution in [0.2, 0.25) is 0 Å². The third-order valence-corrected chi connectivity index (χ3v) is 6.79. The van der Waals surface area contributed by atoms with Crippen LogP contribution in [0.15, 0.2) is 59.3 Å². The first-order valence-electron chi connectivity index (χ1n) is 11.1. The fourth-order valence-corrected chi connectivity index (χ4v) is 4.44. The smallest absolute Gasteiger partial charge is 0.268 e. The summed E-state index contributed by atoms with van der Waals surface area (Å²) in [5.41, 5.74) is 1.72. The molecule has 0 radical (unpaired) electrons. The van der Waals surface area contributed by atoms with E-state index in [0.717, 1.165) is 18.4 Å². The van der Waals surface area contributed by atoms with Crippen LogP contribution in [0.25, 0.3) is 6.08 Å². The maximum atomic E-state index is 12.4. The average molecular weight is 527 g/mol. The van der Waals surface area contributed by atoms with E-state index < -0.39 is 15.7 Å². The standard InChI is InChI=1S/C25H26N4O5S2/c1-4-17(2)19-7-11-22(12-8-19)34-14-13-33-21-9-5-18(6-10-21)15-20(16-26)23(30)27-24-28-25(29-35-24)36(3,31)32/h5-12,15,17H,4,13-14H2,1-3H3,(H,27,28,29,30)/b20-15-. The number of benzene rings is 2. The van der Waals surface area contributed by atoms with E-state index in [0.29, 0.717) is 42.0 Å². The Hall–Kier alpha value is -3.75. The van der Waals surface area contributed by atoms with Crippen LogP contribution in [-0.2, 0) is 14.6 Å². The molecule has 9 nitrogen and oxygen atoms in total. The fourth-order valence-electron chi connectivity index (χ4n) is 3.00. The number of carbonyl (C=O) groups is 1. The lowest BCUT2D eigenvalue weighted by Crippen LogP contribution is -2.13. The molecule has 0 aliphatic rings. The van der Waals surface area contributed by atoms with Crippen molar-refractivity contribution < 1.29 is 22.7 Å². The van der Waals surface area contributed by atoms with Crippen LogP contribution < -0.4 is 14.8 Å². The minimum atomic E-state index is -3.59. The first-order valence-corrected chi connectivity index (χ1v) is 13.8. The van der Waals surface area contributed by atoms with E-state index in [1.54, 1.807) is 24.3 Å². The lowest BCUT2D eigenvalue weighted by Gasteiger charge is -2.11. The molecule has 2 aromatic carbocycles. The van der Waals surface area contributed by atoms with Gasteiger partial charge < -0.3 is 9.47 Å². The molecule has 11 heteroatoms. The Morgan fingerprint density at radius 3 is 2.19 bits per heavy atom. The van der Waals surface area contributed by atoms with Crippen molar-refractivity contribution in [1.29, 1.82) is 5.26 Å². The van der Waals surface area contributed by atoms with Crippen LogP contribution in [0.3, 0.4) is 0 Å². The molecule has 1 N–H and O–H groups in total. The predicted molar refractivity (Wildman–Crippen MR) is 138 cm³/mol. The highest BCUT2D eigenvalue weighted by Crippen LogP contribution is 2.22. The Labute approximate surface area is 214 Å². The van der Waals surface area contributed by atoms with Gasteiger partial charge in [-0.2, -0.15) is 14.6 Å². The largest absolute Gasteiger partial charge is 0.490 e. The Bertz CT molecular complexity index is 1360. The second-order valence-corrected chi connectivity index (χ2v) is 10.6. The molecule has 0 bridgehead atoms. The molecule has 188 valence electrons. The van der Waals surface area contributed by atoms with Crippen LogP contribution in [-0.4, -0.2) is 43.2 Å². The highest BCUT2D eigenvalue weighted by molar-refractivity contribution is 7.90. The first kappa shape index (κ1) is 26.8. The molecule has 0 saturated heterocycles. The van der Waals surface area contributed by atoms with E-state index >= 15 is 0 Å². The van der Waals surface area contributed by atoms with Gasteiger partial charge in [0, 0.05) is 17.8 Å². The summed E-state index contributed by atoms with van der Waals surface area (Å²) in [5.74, 6) is 1.20. The normalized spacial score (nSPS) is 12.4. The Morgan fingerprint density at radius 2 is 1.69 bits per heavy atom. The van der Waals surface area contributed by atoms with E-state index in [9.17, 15) is 18.5 Å². The number of sulfone groups is 1. The fraction of sp³-hybridized carbons (Fsp3) is 0.280. The van der Waals surface area contributed by atoms with Gasteiger partial charge in [0.05, 0.1) is 0 Å². The number of anilines is 1. The van der Waals surface area contributed by atoms with Gasteiger partial charge in [0.25, 0.3) is 11.1 Å². The number of nitriles is 1. The van der Waals surface area contributed by atoms with Crippen molar-refractivity contribution in [3.8, 4) is 17.6 Å². The zero-order chi connectivity index (χ0) is 26.1. The minimum Gasteiger partial charge on any atom is -0.490 e. The zero-order valence-electron chi connectivity index (χ0n) is 20.1. The molecule has 1 amide bonds. The summed E-state index contributed by atoms with van der Waals surface area (Å²) in [6.07, 6.45) is 3.46. The van der Waals surface area contributed by atoms with Gasteiger partial charge in [0.2, 0.25) is 15.0 Å². The summed E-state index contributed by atoms with van der Waals surface area (Å²) >= 11 is 0.716. The number of carbonyl (C=O) groups excluding carboxylic acids is 1. The van der Waals surface area contributed by atoms with E-state index in [4.69, 9.17) is 9.47 Å². The maximum Gasteiger partial charge on any atom is 0.268 e. The second kappa shape index (κ2) is 12.3. The number of aromatic nitrogens is 2. The summed E-state index contributed by atoms with van der Waals surface area (Å²) in [7, 11) is -3.59. The SMILES string of the molecule is CCC(C)c1ccc(OCCOc2ccc(/C=C(/C#N)C(=O)Nc3nc(S(C)(=O)=O)ns3)cc2)cc1. The van der Waals surface area contributed by atoms with E-state index in [1.165, 1.54) is 11.6 Å². The summed E-state index contributed by atoms with van der Waals surface area (Å²) in [4.78, 5) is 16.1. The van der Waals surface area contributed by atoms with Gasteiger partial charge in [-0.05, 0) is 53.8 Å². The molecular formula is C25H26N4O5S2. The van der Waals surface area contributed by atoms with Gasteiger partial charge in [-0.15, -0.1) is 0 Å². The van der Waals surface area contributed by atoms with Gasteiger partial charge in [0.1, 0.15) is 36.4 Å². The van der Waals surface area contributed by atoms with Crippen LogP contribution >= 0.6 is 11.5 Å². The molecule has 0 saturated carbocycles. The van der Waals surface area contributed by atoms with Crippen molar-refractivity contribution in [3.05, 3.63) is 65.2 Å².